The van der Waals surface area contributed by atoms with Crippen molar-refractivity contribution in [2.75, 3.05) is 26.2 Å². The summed E-state index contributed by atoms with van der Waals surface area (Å²) in [6.45, 7) is 3.50. The Morgan fingerprint density at radius 2 is 1.54 bits per heavy atom. The lowest BCUT2D eigenvalue weighted by Gasteiger charge is -2.34. The smallest absolute Gasteiger partial charge is 0.253 e. The number of benzene rings is 2. The van der Waals surface area contributed by atoms with Gasteiger partial charge in [0.1, 0.15) is 16.6 Å². The van der Waals surface area contributed by atoms with E-state index in [-0.39, 0.29) is 17.5 Å². The third-order valence-corrected chi connectivity index (χ3v) is 5.72. The standard InChI is InChI=1S/C21H19F2N3OS/c22-17-5-1-15(2-6-17)20-24-19(14-28-20)13-25-9-11-26(12-10-25)21(27)16-3-7-18(23)8-4-16/h1-8,14H,9-13H2. The molecule has 2 aromatic carbocycles. The molecule has 0 N–H and O–H groups in total. The molecular weight excluding hydrogens is 380 g/mol. The molecule has 1 fully saturated rings. The van der Waals surface area contributed by atoms with Gasteiger partial charge >= 0.3 is 0 Å². The van der Waals surface area contributed by atoms with Crippen molar-refractivity contribution in [3.63, 3.8) is 0 Å². The number of rotatable bonds is 4. The molecule has 1 aromatic heterocycles. The number of carbonyl (C=O) groups is 1. The van der Waals surface area contributed by atoms with E-state index in [9.17, 15) is 13.6 Å². The molecule has 28 heavy (non-hydrogen) atoms. The number of thiazole rings is 1. The number of hydrogen-bond donors (Lipinski definition) is 0. The zero-order valence-electron chi connectivity index (χ0n) is 15.1. The second kappa shape index (κ2) is 8.16. The van der Waals surface area contributed by atoms with Gasteiger partial charge in [-0.2, -0.15) is 0 Å². The normalized spacial score (nSPS) is 15.0. The van der Waals surface area contributed by atoms with Crippen molar-refractivity contribution in [2.45, 2.75) is 6.54 Å². The van der Waals surface area contributed by atoms with E-state index in [1.54, 1.807) is 28.4 Å². The summed E-state index contributed by atoms with van der Waals surface area (Å²) in [7, 11) is 0. The molecule has 7 heteroatoms. The maximum atomic E-state index is 13.1. The average molecular weight is 399 g/mol. The first-order valence-electron chi connectivity index (χ1n) is 9.06. The number of carbonyl (C=O) groups excluding carboxylic acids is 1. The fourth-order valence-electron chi connectivity index (χ4n) is 3.22. The molecule has 4 rings (SSSR count). The maximum Gasteiger partial charge on any atom is 0.253 e. The van der Waals surface area contributed by atoms with Crippen LogP contribution >= 0.6 is 11.3 Å². The second-order valence-electron chi connectivity index (χ2n) is 6.73. The van der Waals surface area contributed by atoms with Crippen molar-refractivity contribution >= 4 is 17.2 Å². The van der Waals surface area contributed by atoms with Crippen LogP contribution in [0.3, 0.4) is 0 Å². The van der Waals surface area contributed by atoms with Gasteiger partial charge in [0, 0.05) is 49.2 Å². The van der Waals surface area contributed by atoms with Crippen LogP contribution in [-0.4, -0.2) is 46.9 Å². The van der Waals surface area contributed by atoms with Crippen molar-refractivity contribution in [3.05, 3.63) is 76.8 Å². The van der Waals surface area contributed by atoms with E-state index in [0.29, 0.717) is 18.7 Å². The minimum atomic E-state index is -0.343. The maximum absolute atomic E-state index is 13.1. The summed E-state index contributed by atoms with van der Waals surface area (Å²) in [6.07, 6.45) is 0. The van der Waals surface area contributed by atoms with Crippen LogP contribution in [0.2, 0.25) is 0 Å². The molecule has 4 nitrogen and oxygen atoms in total. The summed E-state index contributed by atoms with van der Waals surface area (Å²) in [5, 5.41) is 2.90. The molecule has 2 heterocycles. The Kier molecular flexibility index (Phi) is 5.45. The van der Waals surface area contributed by atoms with Crippen molar-refractivity contribution in [2.24, 2.45) is 0 Å². The van der Waals surface area contributed by atoms with E-state index in [1.807, 2.05) is 5.38 Å². The Morgan fingerprint density at radius 3 is 2.18 bits per heavy atom. The molecule has 1 aliphatic rings. The van der Waals surface area contributed by atoms with Gasteiger partial charge in [-0.05, 0) is 48.5 Å². The van der Waals surface area contributed by atoms with Gasteiger partial charge in [0.2, 0.25) is 0 Å². The van der Waals surface area contributed by atoms with Gasteiger partial charge in [-0.15, -0.1) is 11.3 Å². The summed E-state index contributed by atoms with van der Waals surface area (Å²) in [6, 6.07) is 12.0. The number of halogens is 2. The predicted octanol–water partition coefficient (Wildman–Crippen LogP) is 4.05. The molecule has 0 spiro atoms. The molecule has 0 bridgehead atoms. The Balaban J connectivity index is 1.33. The van der Waals surface area contributed by atoms with Gasteiger partial charge in [-0.1, -0.05) is 0 Å². The van der Waals surface area contributed by atoms with Gasteiger partial charge in [0.05, 0.1) is 5.69 Å². The van der Waals surface area contributed by atoms with E-state index in [2.05, 4.69) is 9.88 Å². The first kappa shape index (κ1) is 18.7. The number of amides is 1. The van der Waals surface area contributed by atoms with Crippen LogP contribution in [0.25, 0.3) is 10.6 Å². The summed E-state index contributed by atoms with van der Waals surface area (Å²) >= 11 is 1.55. The third-order valence-electron chi connectivity index (χ3n) is 4.78. The lowest BCUT2D eigenvalue weighted by molar-refractivity contribution is 0.0627. The largest absolute Gasteiger partial charge is 0.336 e. The lowest BCUT2D eigenvalue weighted by Crippen LogP contribution is -2.48. The van der Waals surface area contributed by atoms with Crippen LogP contribution in [0.15, 0.2) is 53.9 Å². The molecule has 0 radical (unpaired) electrons. The second-order valence-corrected chi connectivity index (χ2v) is 7.58. The summed E-state index contributed by atoms with van der Waals surface area (Å²) in [4.78, 5) is 21.2. The van der Waals surface area contributed by atoms with Crippen molar-refractivity contribution in [3.8, 4) is 10.6 Å². The van der Waals surface area contributed by atoms with Gasteiger partial charge in [0.15, 0.2) is 0 Å². The van der Waals surface area contributed by atoms with Crippen LogP contribution in [0.4, 0.5) is 8.78 Å². The molecule has 0 saturated carbocycles. The van der Waals surface area contributed by atoms with Gasteiger partial charge in [0.25, 0.3) is 5.91 Å². The Labute approximate surface area is 166 Å². The number of nitrogens with zero attached hydrogens (tertiary/aromatic N) is 3. The minimum absolute atomic E-state index is 0.0631. The van der Waals surface area contributed by atoms with E-state index in [4.69, 9.17) is 0 Å². The number of aromatic nitrogens is 1. The van der Waals surface area contributed by atoms with E-state index < -0.39 is 0 Å². The molecule has 144 valence electrons. The van der Waals surface area contributed by atoms with E-state index in [1.165, 1.54) is 36.4 Å². The zero-order chi connectivity index (χ0) is 19.5. The first-order chi connectivity index (χ1) is 13.6. The summed E-state index contributed by atoms with van der Waals surface area (Å²) in [5.41, 5.74) is 2.40. The van der Waals surface area contributed by atoms with Gasteiger partial charge < -0.3 is 4.90 Å². The fourth-order valence-corrected chi connectivity index (χ4v) is 4.03. The van der Waals surface area contributed by atoms with Crippen LogP contribution in [0.5, 0.6) is 0 Å². The summed E-state index contributed by atoms with van der Waals surface area (Å²) < 4.78 is 26.1. The molecule has 0 aliphatic carbocycles. The van der Waals surface area contributed by atoms with Crippen LogP contribution in [0.1, 0.15) is 16.1 Å². The fraction of sp³-hybridized carbons (Fsp3) is 0.238. The molecule has 1 saturated heterocycles. The molecule has 1 amide bonds. The Bertz CT molecular complexity index is 949. The SMILES string of the molecule is O=C(c1ccc(F)cc1)N1CCN(Cc2csc(-c3ccc(F)cc3)n2)CC1. The highest BCUT2D eigenvalue weighted by Gasteiger charge is 2.22. The highest BCUT2D eigenvalue weighted by atomic mass is 32.1. The molecule has 0 unspecified atom stereocenters. The topological polar surface area (TPSA) is 36.4 Å². The van der Waals surface area contributed by atoms with Gasteiger partial charge in [-0.3, -0.25) is 9.69 Å². The molecule has 0 atom stereocenters. The van der Waals surface area contributed by atoms with E-state index in [0.717, 1.165) is 35.9 Å². The van der Waals surface area contributed by atoms with Crippen LogP contribution in [-0.2, 0) is 6.54 Å². The first-order valence-corrected chi connectivity index (χ1v) is 9.94. The monoisotopic (exact) mass is 399 g/mol. The van der Waals surface area contributed by atoms with Crippen molar-refractivity contribution < 1.29 is 13.6 Å². The summed E-state index contributed by atoms with van der Waals surface area (Å²) in [5.74, 6) is -0.662. The zero-order valence-corrected chi connectivity index (χ0v) is 16.0. The molecule has 3 aromatic rings. The number of piperazine rings is 1. The predicted molar refractivity (Wildman–Crippen MR) is 105 cm³/mol. The van der Waals surface area contributed by atoms with E-state index >= 15 is 0 Å². The number of hydrogen-bond acceptors (Lipinski definition) is 4. The highest BCUT2D eigenvalue weighted by Crippen LogP contribution is 2.24. The van der Waals surface area contributed by atoms with Crippen LogP contribution in [0, 0.1) is 11.6 Å². The quantitative estimate of drug-likeness (QED) is 0.664. The van der Waals surface area contributed by atoms with Crippen molar-refractivity contribution in [1.82, 2.24) is 14.8 Å². The van der Waals surface area contributed by atoms with Crippen LogP contribution < -0.4 is 0 Å². The molecule has 1 aliphatic heterocycles. The molecular formula is C21H19F2N3OS. The minimum Gasteiger partial charge on any atom is -0.336 e. The van der Waals surface area contributed by atoms with Gasteiger partial charge in [-0.25, -0.2) is 13.8 Å². The highest BCUT2D eigenvalue weighted by molar-refractivity contribution is 7.13. The lowest BCUT2D eigenvalue weighted by atomic mass is 10.1. The Hall–Kier alpha value is -2.64. The Morgan fingerprint density at radius 1 is 0.929 bits per heavy atom. The van der Waals surface area contributed by atoms with Crippen molar-refractivity contribution in [1.29, 1.82) is 0 Å². The third kappa shape index (κ3) is 4.26. The average Bonchev–Trinajstić information content (AvgIpc) is 3.18.